The number of aromatic hydroxyl groups is 1. The Labute approximate surface area is 120 Å². The van der Waals surface area contributed by atoms with Crippen molar-refractivity contribution in [3.63, 3.8) is 0 Å². The standard InChI is InChI=1S/C15H15F3N2O/c1-10(19-8-13-5-6-14(21)9-20-13)11-3-2-4-12(7-11)15(16,17)18/h2-7,9-10,19,21H,8H2,1H3. The average molecular weight is 296 g/mol. The van der Waals surface area contributed by atoms with Crippen LogP contribution >= 0.6 is 0 Å². The fourth-order valence-corrected chi connectivity index (χ4v) is 1.88. The largest absolute Gasteiger partial charge is 0.506 e. The second kappa shape index (κ2) is 6.13. The molecule has 0 spiro atoms. The summed E-state index contributed by atoms with van der Waals surface area (Å²) in [5, 5.41) is 12.2. The molecular formula is C15H15F3N2O. The molecule has 2 N–H and O–H groups in total. The van der Waals surface area contributed by atoms with Crippen LogP contribution in [0.25, 0.3) is 0 Å². The Morgan fingerprint density at radius 3 is 2.62 bits per heavy atom. The van der Waals surface area contributed by atoms with Crippen molar-refractivity contribution in [3.05, 3.63) is 59.4 Å². The van der Waals surface area contributed by atoms with Crippen LogP contribution in [0.15, 0.2) is 42.6 Å². The van der Waals surface area contributed by atoms with Gasteiger partial charge in [-0.25, -0.2) is 0 Å². The molecule has 2 rings (SSSR count). The molecule has 0 amide bonds. The van der Waals surface area contributed by atoms with Gasteiger partial charge >= 0.3 is 6.18 Å². The second-order valence-electron chi connectivity index (χ2n) is 4.73. The van der Waals surface area contributed by atoms with Gasteiger partial charge in [0.25, 0.3) is 0 Å². The highest BCUT2D eigenvalue weighted by Crippen LogP contribution is 2.30. The molecule has 1 unspecified atom stereocenters. The van der Waals surface area contributed by atoms with Crippen LogP contribution in [0.2, 0.25) is 0 Å². The molecule has 1 aromatic carbocycles. The number of alkyl halides is 3. The van der Waals surface area contributed by atoms with E-state index in [-0.39, 0.29) is 11.8 Å². The van der Waals surface area contributed by atoms with Gasteiger partial charge < -0.3 is 10.4 Å². The fraction of sp³-hybridized carbons (Fsp3) is 0.267. The Hall–Kier alpha value is -2.08. The molecule has 3 nitrogen and oxygen atoms in total. The van der Waals surface area contributed by atoms with Gasteiger partial charge in [0.15, 0.2) is 0 Å². The van der Waals surface area contributed by atoms with Crippen LogP contribution in [0, 0.1) is 0 Å². The molecular weight excluding hydrogens is 281 g/mol. The number of hydrogen-bond donors (Lipinski definition) is 2. The predicted molar refractivity (Wildman–Crippen MR) is 72.6 cm³/mol. The molecule has 1 atom stereocenters. The highest BCUT2D eigenvalue weighted by molar-refractivity contribution is 5.27. The Morgan fingerprint density at radius 1 is 1.24 bits per heavy atom. The lowest BCUT2D eigenvalue weighted by Crippen LogP contribution is -2.19. The first-order valence-corrected chi connectivity index (χ1v) is 6.40. The van der Waals surface area contributed by atoms with Gasteiger partial charge in [0, 0.05) is 12.6 Å². The average Bonchev–Trinajstić information content (AvgIpc) is 2.45. The van der Waals surface area contributed by atoms with Crippen LogP contribution in [0.5, 0.6) is 5.75 Å². The van der Waals surface area contributed by atoms with Crippen molar-refractivity contribution in [1.29, 1.82) is 0 Å². The van der Waals surface area contributed by atoms with E-state index < -0.39 is 11.7 Å². The molecule has 0 saturated heterocycles. The second-order valence-corrected chi connectivity index (χ2v) is 4.73. The first-order valence-electron chi connectivity index (χ1n) is 6.40. The molecule has 0 aliphatic heterocycles. The number of nitrogens with zero attached hydrogens (tertiary/aromatic N) is 1. The highest BCUT2D eigenvalue weighted by Gasteiger charge is 2.30. The van der Waals surface area contributed by atoms with E-state index in [1.165, 1.54) is 18.3 Å². The van der Waals surface area contributed by atoms with Gasteiger partial charge in [0.2, 0.25) is 0 Å². The molecule has 0 bridgehead atoms. The van der Waals surface area contributed by atoms with E-state index in [9.17, 15) is 13.2 Å². The van der Waals surface area contributed by atoms with Crippen LogP contribution in [-0.2, 0) is 12.7 Å². The van der Waals surface area contributed by atoms with E-state index in [2.05, 4.69) is 10.3 Å². The van der Waals surface area contributed by atoms with Crippen molar-refractivity contribution in [2.75, 3.05) is 0 Å². The van der Waals surface area contributed by atoms with Crippen molar-refractivity contribution in [2.45, 2.75) is 25.7 Å². The maximum Gasteiger partial charge on any atom is 0.416 e. The molecule has 1 aromatic heterocycles. The maximum atomic E-state index is 12.7. The van der Waals surface area contributed by atoms with E-state index in [4.69, 9.17) is 5.11 Å². The third-order valence-corrected chi connectivity index (χ3v) is 3.11. The summed E-state index contributed by atoms with van der Waals surface area (Å²) in [5.41, 5.74) is 0.603. The van der Waals surface area contributed by atoms with Crippen LogP contribution in [-0.4, -0.2) is 10.1 Å². The van der Waals surface area contributed by atoms with Gasteiger partial charge in [-0.2, -0.15) is 13.2 Å². The normalized spacial score (nSPS) is 13.1. The van der Waals surface area contributed by atoms with E-state index >= 15 is 0 Å². The molecule has 0 fully saturated rings. The Balaban J connectivity index is 2.03. The third kappa shape index (κ3) is 4.19. The van der Waals surface area contributed by atoms with Gasteiger partial charge in [-0.3, -0.25) is 4.98 Å². The number of pyridine rings is 1. The van der Waals surface area contributed by atoms with Gasteiger partial charge in [0.05, 0.1) is 17.5 Å². The van der Waals surface area contributed by atoms with Crippen molar-refractivity contribution in [1.82, 2.24) is 10.3 Å². The number of hydrogen-bond acceptors (Lipinski definition) is 3. The predicted octanol–water partition coefficient (Wildman–Crippen LogP) is 3.66. The molecule has 6 heteroatoms. The topological polar surface area (TPSA) is 45.1 Å². The maximum absolute atomic E-state index is 12.7. The minimum Gasteiger partial charge on any atom is -0.506 e. The van der Waals surface area contributed by atoms with Crippen molar-refractivity contribution >= 4 is 0 Å². The van der Waals surface area contributed by atoms with Gasteiger partial charge in [0.1, 0.15) is 5.75 Å². The third-order valence-electron chi connectivity index (χ3n) is 3.11. The first kappa shape index (κ1) is 15.3. The molecule has 1 heterocycles. The van der Waals surface area contributed by atoms with Crippen LogP contribution in [0.4, 0.5) is 13.2 Å². The quantitative estimate of drug-likeness (QED) is 0.905. The van der Waals surface area contributed by atoms with E-state index in [1.807, 2.05) is 0 Å². The minimum absolute atomic E-state index is 0.0738. The number of halogens is 3. The van der Waals surface area contributed by atoms with E-state index in [0.717, 1.165) is 12.1 Å². The molecule has 112 valence electrons. The van der Waals surface area contributed by atoms with E-state index in [0.29, 0.717) is 17.8 Å². The lowest BCUT2D eigenvalue weighted by Gasteiger charge is -2.16. The first-order chi connectivity index (χ1) is 9.86. The van der Waals surface area contributed by atoms with Gasteiger partial charge in [-0.05, 0) is 36.8 Å². The summed E-state index contributed by atoms with van der Waals surface area (Å²) in [6, 6.07) is 8.16. The van der Waals surface area contributed by atoms with Crippen molar-refractivity contribution in [3.8, 4) is 5.75 Å². The summed E-state index contributed by atoms with van der Waals surface area (Å²) >= 11 is 0. The number of rotatable bonds is 4. The van der Waals surface area contributed by atoms with Crippen molar-refractivity contribution in [2.24, 2.45) is 0 Å². The zero-order chi connectivity index (χ0) is 15.5. The monoisotopic (exact) mass is 296 g/mol. The smallest absolute Gasteiger partial charge is 0.416 e. The molecule has 0 saturated carbocycles. The van der Waals surface area contributed by atoms with E-state index in [1.54, 1.807) is 19.1 Å². The van der Waals surface area contributed by atoms with Crippen molar-refractivity contribution < 1.29 is 18.3 Å². The van der Waals surface area contributed by atoms with Crippen LogP contribution in [0.3, 0.4) is 0 Å². The minimum atomic E-state index is -4.34. The lowest BCUT2D eigenvalue weighted by molar-refractivity contribution is -0.137. The molecule has 21 heavy (non-hydrogen) atoms. The molecule has 0 aliphatic rings. The zero-order valence-corrected chi connectivity index (χ0v) is 11.4. The number of nitrogens with one attached hydrogen (secondary N) is 1. The molecule has 0 radical (unpaired) electrons. The summed E-state index contributed by atoms with van der Waals surface area (Å²) in [6.07, 6.45) is -3.01. The molecule has 0 aliphatic carbocycles. The van der Waals surface area contributed by atoms with Crippen LogP contribution < -0.4 is 5.32 Å². The number of benzene rings is 1. The summed E-state index contributed by atoms with van der Waals surface area (Å²) in [7, 11) is 0. The van der Waals surface area contributed by atoms with Gasteiger partial charge in [-0.15, -0.1) is 0 Å². The summed E-state index contributed by atoms with van der Waals surface area (Å²) in [4.78, 5) is 4.01. The highest BCUT2D eigenvalue weighted by atomic mass is 19.4. The Bertz CT molecular complexity index is 597. The molecule has 2 aromatic rings. The van der Waals surface area contributed by atoms with Crippen LogP contribution in [0.1, 0.15) is 29.8 Å². The lowest BCUT2D eigenvalue weighted by atomic mass is 10.0. The number of aromatic nitrogens is 1. The Morgan fingerprint density at radius 2 is 2.00 bits per heavy atom. The zero-order valence-electron chi connectivity index (χ0n) is 11.4. The summed E-state index contributed by atoms with van der Waals surface area (Å²) < 4.78 is 38.0. The SMILES string of the molecule is CC(NCc1ccc(O)cn1)c1cccc(C(F)(F)F)c1. The fourth-order valence-electron chi connectivity index (χ4n) is 1.88. The summed E-state index contributed by atoms with van der Waals surface area (Å²) in [6.45, 7) is 2.19. The summed E-state index contributed by atoms with van der Waals surface area (Å²) in [5.74, 6) is 0.0738. The van der Waals surface area contributed by atoms with Gasteiger partial charge in [-0.1, -0.05) is 12.1 Å². The Kier molecular flexibility index (Phi) is 4.47.